The van der Waals surface area contributed by atoms with Gasteiger partial charge in [-0.2, -0.15) is 0 Å². The van der Waals surface area contributed by atoms with E-state index in [1.54, 1.807) is 7.11 Å². The van der Waals surface area contributed by atoms with E-state index in [1.807, 2.05) is 12.1 Å². The summed E-state index contributed by atoms with van der Waals surface area (Å²) in [4.78, 5) is 8.02. The van der Waals surface area contributed by atoms with E-state index >= 15 is 0 Å². The third kappa shape index (κ3) is 1.44. The number of fused-ring (bicyclic) bond motifs is 1. The van der Waals surface area contributed by atoms with E-state index < -0.39 is 0 Å². The Balaban J connectivity index is 2.88. The van der Waals surface area contributed by atoms with Crippen molar-refractivity contribution in [1.29, 1.82) is 0 Å². The van der Waals surface area contributed by atoms with E-state index in [-0.39, 0.29) is 0 Å². The average molecular weight is 274 g/mol. The molecular weight excluding hydrogens is 267 g/mol. The fourth-order valence-corrected chi connectivity index (χ4v) is 1.92. The molecule has 0 atom stereocenters. The van der Waals surface area contributed by atoms with E-state index in [4.69, 9.17) is 16.3 Å². The monoisotopic (exact) mass is 272 g/mol. The van der Waals surface area contributed by atoms with Crippen molar-refractivity contribution in [2.24, 2.45) is 0 Å². The van der Waals surface area contributed by atoms with Gasteiger partial charge in [0.15, 0.2) is 5.75 Å². The van der Waals surface area contributed by atoms with Crippen LogP contribution in [0.3, 0.4) is 0 Å². The van der Waals surface area contributed by atoms with Crippen LogP contribution in [-0.4, -0.2) is 17.1 Å². The topological polar surface area (TPSA) is 35.0 Å². The third-order valence-corrected chi connectivity index (χ3v) is 2.79. The summed E-state index contributed by atoms with van der Waals surface area (Å²) < 4.78 is 6.07. The van der Waals surface area contributed by atoms with Crippen molar-refractivity contribution in [3.05, 3.63) is 28.1 Å². The van der Waals surface area contributed by atoms with E-state index in [9.17, 15) is 0 Å². The Kier molecular flexibility index (Phi) is 2.56. The van der Waals surface area contributed by atoms with Crippen molar-refractivity contribution in [2.75, 3.05) is 7.11 Å². The first-order valence-corrected chi connectivity index (χ1v) is 5.04. The van der Waals surface area contributed by atoms with E-state index in [0.29, 0.717) is 16.4 Å². The van der Waals surface area contributed by atoms with Crippen molar-refractivity contribution >= 4 is 38.4 Å². The summed E-state index contributed by atoms with van der Waals surface area (Å²) in [5.74, 6) is 0.673. The predicted octanol–water partition coefficient (Wildman–Crippen LogP) is 3.05. The van der Waals surface area contributed by atoms with Gasteiger partial charge in [-0.25, -0.2) is 9.97 Å². The number of ether oxygens (including phenoxy) is 1. The summed E-state index contributed by atoms with van der Waals surface area (Å²) in [6, 6.07) is 3.71. The molecule has 0 aliphatic heterocycles. The number of halogens is 2. The zero-order chi connectivity index (χ0) is 10.1. The largest absolute Gasteiger partial charge is 0.493 e. The van der Waals surface area contributed by atoms with Crippen LogP contribution in [0.1, 0.15) is 0 Å². The zero-order valence-corrected chi connectivity index (χ0v) is 9.63. The summed E-state index contributed by atoms with van der Waals surface area (Å²) >= 11 is 9.29. The molecular formula is C9H6BrClN2O. The van der Waals surface area contributed by atoms with Crippen molar-refractivity contribution in [1.82, 2.24) is 9.97 Å². The second-order valence-electron chi connectivity index (χ2n) is 2.64. The molecule has 72 valence electrons. The Morgan fingerprint density at radius 3 is 2.86 bits per heavy atom. The van der Waals surface area contributed by atoms with Gasteiger partial charge in [0, 0.05) is 5.39 Å². The lowest BCUT2D eigenvalue weighted by Gasteiger charge is -2.06. The standard InChI is InChI=1S/C9H6BrClN2O/c1-14-8-6(10)3-2-5-7(8)12-4-13-9(5)11/h2-4H,1H3. The van der Waals surface area contributed by atoms with Gasteiger partial charge in [0.1, 0.15) is 17.0 Å². The maximum Gasteiger partial charge on any atom is 0.159 e. The Hall–Kier alpha value is -0.870. The highest BCUT2D eigenvalue weighted by Crippen LogP contribution is 2.33. The molecule has 5 heteroatoms. The second kappa shape index (κ2) is 3.71. The molecule has 0 amide bonds. The summed E-state index contributed by atoms with van der Waals surface area (Å²) in [7, 11) is 1.59. The highest BCUT2D eigenvalue weighted by Gasteiger charge is 2.09. The SMILES string of the molecule is COc1c(Br)ccc2c(Cl)ncnc12. The highest BCUT2D eigenvalue weighted by molar-refractivity contribution is 9.10. The molecule has 0 radical (unpaired) electrons. The minimum absolute atomic E-state index is 0.431. The number of hydrogen-bond donors (Lipinski definition) is 0. The van der Waals surface area contributed by atoms with Gasteiger partial charge >= 0.3 is 0 Å². The molecule has 0 saturated heterocycles. The molecule has 0 unspecified atom stereocenters. The maximum absolute atomic E-state index is 5.92. The summed E-state index contributed by atoms with van der Waals surface area (Å²) in [5, 5.41) is 1.22. The predicted molar refractivity (Wildman–Crippen MR) is 58.8 cm³/mol. The van der Waals surface area contributed by atoms with Gasteiger partial charge in [-0.05, 0) is 28.1 Å². The second-order valence-corrected chi connectivity index (χ2v) is 3.85. The number of rotatable bonds is 1. The quantitative estimate of drug-likeness (QED) is 0.749. The van der Waals surface area contributed by atoms with Gasteiger partial charge < -0.3 is 4.74 Å². The minimum atomic E-state index is 0.431. The number of nitrogens with zero attached hydrogens (tertiary/aromatic N) is 2. The summed E-state index contributed by atoms with van der Waals surface area (Å²) in [6.45, 7) is 0. The fourth-order valence-electron chi connectivity index (χ4n) is 1.24. The first kappa shape index (κ1) is 9.68. The number of hydrogen-bond acceptors (Lipinski definition) is 3. The molecule has 0 N–H and O–H groups in total. The number of benzene rings is 1. The highest BCUT2D eigenvalue weighted by atomic mass is 79.9. The summed E-state index contributed by atoms with van der Waals surface area (Å²) in [6.07, 6.45) is 1.42. The minimum Gasteiger partial charge on any atom is -0.493 e. The number of methoxy groups -OCH3 is 1. The van der Waals surface area contributed by atoms with Gasteiger partial charge in [0.2, 0.25) is 0 Å². The van der Waals surface area contributed by atoms with Crippen LogP contribution in [0, 0.1) is 0 Å². The molecule has 0 bridgehead atoms. The maximum atomic E-state index is 5.92. The van der Waals surface area contributed by atoms with Crippen molar-refractivity contribution in [2.45, 2.75) is 0 Å². The van der Waals surface area contributed by atoms with Crippen LogP contribution < -0.4 is 4.74 Å². The molecule has 1 heterocycles. The molecule has 0 aliphatic carbocycles. The lowest BCUT2D eigenvalue weighted by Crippen LogP contribution is -1.90. The van der Waals surface area contributed by atoms with Crippen LogP contribution in [0.15, 0.2) is 22.9 Å². The van der Waals surface area contributed by atoms with Crippen LogP contribution in [0.25, 0.3) is 10.9 Å². The van der Waals surface area contributed by atoms with E-state index in [0.717, 1.165) is 9.86 Å². The van der Waals surface area contributed by atoms with E-state index in [1.165, 1.54) is 6.33 Å². The average Bonchev–Trinajstić information content (AvgIpc) is 2.18. The normalized spacial score (nSPS) is 10.5. The summed E-state index contributed by atoms with van der Waals surface area (Å²) in [5.41, 5.74) is 0.710. The molecule has 3 nitrogen and oxygen atoms in total. The molecule has 2 rings (SSSR count). The molecule has 1 aromatic heterocycles. The molecule has 0 aliphatic rings. The first-order chi connectivity index (χ1) is 6.74. The molecule has 1 aromatic carbocycles. The lowest BCUT2D eigenvalue weighted by atomic mass is 10.2. The Morgan fingerprint density at radius 1 is 1.36 bits per heavy atom. The molecule has 2 aromatic rings. The van der Waals surface area contributed by atoms with E-state index in [2.05, 4.69) is 25.9 Å². The van der Waals surface area contributed by atoms with Gasteiger partial charge in [-0.15, -0.1) is 0 Å². The smallest absolute Gasteiger partial charge is 0.159 e. The van der Waals surface area contributed by atoms with Gasteiger partial charge in [0.05, 0.1) is 11.6 Å². The van der Waals surface area contributed by atoms with Crippen LogP contribution in [-0.2, 0) is 0 Å². The molecule has 0 spiro atoms. The van der Waals surface area contributed by atoms with Crippen molar-refractivity contribution in [3.8, 4) is 5.75 Å². The van der Waals surface area contributed by atoms with Gasteiger partial charge in [-0.1, -0.05) is 11.6 Å². The molecule has 14 heavy (non-hydrogen) atoms. The lowest BCUT2D eigenvalue weighted by molar-refractivity contribution is 0.416. The zero-order valence-electron chi connectivity index (χ0n) is 7.29. The first-order valence-electron chi connectivity index (χ1n) is 3.86. The molecule has 0 fully saturated rings. The Bertz CT molecular complexity index is 489. The van der Waals surface area contributed by atoms with Crippen LogP contribution in [0.5, 0.6) is 5.75 Å². The van der Waals surface area contributed by atoms with Crippen molar-refractivity contribution in [3.63, 3.8) is 0 Å². The molecule has 0 saturated carbocycles. The van der Waals surface area contributed by atoms with Crippen LogP contribution in [0.4, 0.5) is 0 Å². The Labute approximate surface area is 94.2 Å². The van der Waals surface area contributed by atoms with Crippen molar-refractivity contribution < 1.29 is 4.74 Å². The third-order valence-electron chi connectivity index (χ3n) is 1.87. The Morgan fingerprint density at radius 2 is 2.14 bits per heavy atom. The van der Waals surface area contributed by atoms with Crippen LogP contribution in [0.2, 0.25) is 5.15 Å². The van der Waals surface area contributed by atoms with Gasteiger partial charge in [-0.3, -0.25) is 0 Å². The number of aromatic nitrogens is 2. The fraction of sp³-hybridized carbons (Fsp3) is 0.111. The van der Waals surface area contributed by atoms with Crippen LogP contribution >= 0.6 is 27.5 Å². The van der Waals surface area contributed by atoms with Gasteiger partial charge in [0.25, 0.3) is 0 Å².